The van der Waals surface area contributed by atoms with E-state index in [9.17, 15) is 10.2 Å². The molecule has 0 saturated carbocycles. The zero-order valence-electron chi connectivity index (χ0n) is 16.2. The number of hydrogen-bond acceptors (Lipinski definition) is 7. The molecule has 0 spiro atoms. The van der Waals surface area contributed by atoms with Gasteiger partial charge in [-0.2, -0.15) is 0 Å². The van der Waals surface area contributed by atoms with Gasteiger partial charge in [0.25, 0.3) is 0 Å². The van der Waals surface area contributed by atoms with E-state index in [0.717, 1.165) is 0 Å². The number of aliphatic imine (C=N–C) groups is 2. The monoisotopic (exact) mass is 467 g/mol. The Morgan fingerprint density at radius 3 is 1.87 bits per heavy atom. The minimum Gasteiger partial charge on any atom is -1.00 e. The fourth-order valence-corrected chi connectivity index (χ4v) is 2.47. The van der Waals surface area contributed by atoms with Crippen LogP contribution in [0, 0.1) is 0 Å². The van der Waals surface area contributed by atoms with Gasteiger partial charge in [-0.3, -0.25) is 4.99 Å². The molecule has 2 aromatic carbocycles. The van der Waals surface area contributed by atoms with Crippen molar-refractivity contribution in [3.05, 3.63) is 65.9 Å². The molecule has 30 heavy (non-hydrogen) atoms. The number of hydrogen-bond donors (Lipinski definition) is 2. The summed E-state index contributed by atoms with van der Waals surface area (Å²) in [5, 5.41) is 20.3. The van der Waals surface area contributed by atoms with Gasteiger partial charge in [-0.25, -0.2) is 9.98 Å². The van der Waals surface area contributed by atoms with E-state index in [0.29, 0.717) is 34.1 Å². The van der Waals surface area contributed by atoms with E-state index in [2.05, 4.69) is 15.0 Å². The van der Waals surface area contributed by atoms with Gasteiger partial charge in [-0.15, -0.1) is 0 Å². The van der Waals surface area contributed by atoms with Crippen molar-refractivity contribution in [2.75, 3.05) is 14.2 Å². The van der Waals surface area contributed by atoms with Gasteiger partial charge in [0.1, 0.15) is 5.69 Å². The summed E-state index contributed by atoms with van der Waals surface area (Å²) in [5.41, 5.74) is 1.50. The first kappa shape index (κ1) is 25.0. The Labute approximate surface area is 191 Å². The summed E-state index contributed by atoms with van der Waals surface area (Å²) >= 11 is 0. The van der Waals surface area contributed by atoms with Gasteiger partial charge in [-0.05, 0) is 36.4 Å². The van der Waals surface area contributed by atoms with Gasteiger partial charge >= 0.3 is 17.1 Å². The Balaban J connectivity index is 0.00000225. The molecule has 0 unspecified atom stereocenters. The van der Waals surface area contributed by atoms with Crippen molar-refractivity contribution < 1.29 is 49.2 Å². The van der Waals surface area contributed by atoms with Gasteiger partial charge < -0.3 is 32.1 Å². The number of phenolic OH excluding ortho intramolecular Hbond substituents is 2. The van der Waals surface area contributed by atoms with Crippen LogP contribution in [0.4, 0.5) is 11.5 Å². The third-order valence-corrected chi connectivity index (χ3v) is 3.93. The number of ether oxygens (including phenoxy) is 2. The molecule has 0 aliphatic heterocycles. The van der Waals surface area contributed by atoms with Crippen molar-refractivity contribution in [3.63, 3.8) is 0 Å². The molecule has 1 aromatic heterocycles. The zero-order valence-corrected chi connectivity index (χ0v) is 18.1. The molecule has 0 saturated heterocycles. The number of aromatic nitrogens is 1. The van der Waals surface area contributed by atoms with Crippen molar-refractivity contribution >= 4 is 23.9 Å². The summed E-state index contributed by atoms with van der Waals surface area (Å²) in [6.45, 7) is 0. The SMILES string of the molecule is COc1cccc(C=Nc2cccnc2/N=C/c2cccc(OC)c2O)c1O.[Cl-].[Mn+2]. The first-order chi connectivity index (χ1) is 13.6. The summed E-state index contributed by atoms with van der Waals surface area (Å²) in [4.78, 5) is 12.9. The summed E-state index contributed by atoms with van der Waals surface area (Å²) in [5.74, 6) is 1.09. The van der Waals surface area contributed by atoms with Crippen LogP contribution in [0.25, 0.3) is 0 Å². The third kappa shape index (κ3) is 5.73. The smallest absolute Gasteiger partial charge is 1.00 e. The molecule has 2 N–H and O–H groups in total. The third-order valence-electron chi connectivity index (χ3n) is 3.93. The molecule has 3 aromatic rings. The number of para-hydroxylation sites is 2. The largest absolute Gasteiger partial charge is 2.00 e. The van der Waals surface area contributed by atoms with Crippen molar-refractivity contribution in [1.29, 1.82) is 0 Å². The van der Waals surface area contributed by atoms with Crippen LogP contribution in [0.1, 0.15) is 11.1 Å². The van der Waals surface area contributed by atoms with Gasteiger partial charge in [0.2, 0.25) is 0 Å². The minimum absolute atomic E-state index is 0. The molecule has 7 nitrogen and oxygen atoms in total. The number of benzene rings is 2. The van der Waals surface area contributed by atoms with E-state index in [1.807, 2.05) is 0 Å². The average Bonchev–Trinajstić information content (AvgIpc) is 2.73. The topological polar surface area (TPSA) is 96.5 Å². The van der Waals surface area contributed by atoms with Crippen molar-refractivity contribution in [2.45, 2.75) is 0 Å². The van der Waals surface area contributed by atoms with E-state index in [-0.39, 0.29) is 41.0 Å². The first-order valence-corrected chi connectivity index (χ1v) is 8.39. The van der Waals surface area contributed by atoms with E-state index in [1.54, 1.807) is 54.7 Å². The van der Waals surface area contributed by atoms with E-state index in [4.69, 9.17) is 9.47 Å². The average molecular weight is 468 g/mol. The Morgan fingerprint density at radius 1 is 0.800 bits per heavy atom. The zero-order chi connectivity index (χ0) is 19.9. The minimum atomic E-state index is -0.00367. The molecule has 1 heterocycles. The van der Waals surface area contributed by atoms with Crippen LogP contribution in [0.15, 0.2) is 64.7 Å². The van der Waals surface area contributed by atoms with E-state index < -0.39 is 0 Å². The van der Waals surface area contributed by atoms with Crippen LogP contribution in [-0.4, -0.2) is 41.8 Å². The van der Waals surface area contributed by atoms with Crippen LogP contribution < -0.4 is 21.9 Å². The maximum Gasteiger partial charge on any atom is 2.00 e. The molecule has 0 atom stereocenters. The predicted molar refractivity (Wildman–Crippen MR) is 108 cm³/mol. The van der Waals surface area contributed by atoms with Gasteiger partial charge in [0.15, 0.2) is 28.8 Å². The molecule has 0 aliphatic rings. The normalized spacial score (nSPS) is 10.5. The molecule has 0 fully saturated rings. The molecule has 155 valence electrons. The Bertz CT molecular complexity index is 962. The van der Waals surface area contributed by atoms with Gasteiger partial charge in [-0.1, -0.05) is 12.1 Å². The van der Waals surface area contributed by atoms with Crippen molar-refractivity contribution in [1.82, 2.24) is 4.98 Å². The van der Waals surface area contributed by atoms with Crippen molar-refractivity contribution in [3.8, 4) is 23.0 Å². The standard InChI is InChI=1S/C21H19N3O4.ClH.Mn/c1-27-17-9-3-6-14(19(17)25)12-23-16-8-5-11-22-21(16)24-13-15-7-4-10-18(28-2)20(15)26;;/h3-13,25-26H,1-2H3;1H;/q;;+2/p-1/b23-12?,24-13+;;. The molecule has 0 aliphatic carbocycles. The fraction of sp³-hybridized carbons (Fsp3) is 0.0952. The summed E-state index contributed by atoms with van der Waals surface area (Å²) in [7, 11) is 2.97. The molecular weight excluding hydrogens is 449 g/mol. The summed E-state index contributed by atoms with van der Waals surface area (Å²) in [6.07, 6.45) is 4.60. The van der Waals surface area contributed by atoms with Gasteiger partial charge in [0.05, 0.1) is 14.2 Å². The second-order valence-electron chi connectivity index (χ2n) is 5.66. The second kappa shape index (κ2) is 11.8. The molecule has 0 bridgehead atoms. The first-order valence-electron chi connectivity index (χ1n) is 8.39. The molecule has 0 amide bonds. The van der Waals surface area contributed by atoms with Crippen LogP contribution in [0.2, 0.25) is 0 Å². The number of pyridine rings is 1. The number of aromatic hydroxyl groups is 2. The number of halogens is 1. The molecule has 9 heteroatoms. The summed E-state index contributed by atoms with van der Waals surface area (Å²) < 4.78 is 10.2. The number of phenols is 2. The molecular formula is C21H19ClMnN3O4+. The van der Waals surface area contributed by atoms with Crippen LogP contribution >= 0.6 is 0 Å². The number of nitrogens with zero attached hydrogens (tertiary/aromatic N) is 3. The quantitative estimate of drug-likeness (QED) is 0.417. The van der Waals surface area contributed by atoms with Crippen LogP contribution in [0.3, 0.4) is 0 Å². The van der Waals surface area contributed by atoms with Crippen LogP contribution in [-0.2, 0) is 17.1 Å². The number of methoxy groups -OCH3 is 2. The second-order valence-corrected chi connectivity index (χ2v) is 5.66. The molecule has 3 rings (SSSR count). The summed E-state index contributed by atoms with van der Waals surface area (Å²) in [6, 6.07) is 13.7. The van der Waals surface area contributed by atoms with E-state index in [1.165, 1.54) is 26.6 Å². The maximum atomic E-state index is 10.2. The fourth-order valence-electron chi connectivity index (χ4n) is 2.47. The predicted octanol–water partition coefficient (Wildman–Crippen LogP) is 1.01. The Hall–Kier alpha value is -3.06. The Morgan fingerprint density at radius 2 is 1.33 bits per heavy atom. The maximum absolute atomic E-state index is 10.2. The number of rotatable bonds is 6. The molecule has 1 radical (unpaired) electrons. The Kier molecular flexibility index (Phi) is 9.84. The van der Waals surface area contributed by atoms with Crippen molar-refractivity contribution in [2.24, 2.45) is 9.98 Å². The van der Waals surface area contributed by atoms with Crippen LogP contribution in [0.5, 0.6) is 23.0 Å². The van der Waals surface area contributed by atoms with Gasteiger partial charge in [0, 0.05) is 29.8 Å². The van der Waals surface area contributed by atoms with E-state index >= 15 is 0 Å².